The zero-order valence-corrected chi connectivity index (χ0v) is 12.1. The number of para-hydroxylation sites is 2. The van der Waals surface area contributed by atoms with E-state index < -0.39 is 0 Å². The highest BCUT2D eigenvalue weighted by atomic mass is 15.3. The Morgan fingerprint density at radius 1 is 1.14 bits per heavy atom. The molecule has 1 saturated heterocycles. The maximum absolute atomic E-state index is 9.35. The lowest BCUT2D eigenvalue weighted by atomic mass is 10.2. The summed E-state index contributed by atoms with van der Waals surface area (Å²) in [4.78, 5) is 13.4. The summed E-state index contributed by atoms with van der Waals surface area (Å²) >= 11 is 0. The van der Waals surface area contributed by atoms with Crippen molar-refractivity contribution in [3.8, 4) is 6.07 Å². The van der Waals surface area contributed by atoms with E-state index >= 15 is 0 Å². The normalized spacial score (nSPS) is 15.0. The Bertz CT molecular complexity index is 723. The summed E-state index contributed by atoms with van der Waals surface area (Å²) in [7, 11) is 0. The Morgan fingerprint density at radius 3 is 2.33 bits per heavy atom. The largest absolute Gasteiger partial charge is 0.372 e. The molecule has 106 valence electrons. The maximum atomic E-state index is 9.35. The Kier molecular flexibility index (Phi) is 3.44. The number of aromatic nitrogens is 2. The molecule has 0 aliphatic carbocycles. The molecule has 1 fully saturated rings. The molecule has 0 spiro atoms. The highest BCUT2D eigenvalue weighted by Crippen LogP contribution is 2.21. The number of fused-ring (bicyclic) bond motifs is 1. The number of hydrogen-bond donors (Lipinski definition) is 0. The van der Waals surface area contributed by atoms with Crippen LogP contribution in [0.1, 0.15) is 12.6 Å². The van der Waals surface area contributed by atoms with Crippen molar-refractivity contribution in [3.05, 3.63) is 42.2 Å². The fourth-order valence-corrected chi connectivity index (χ4v) is 2.59. The molecule has 5 heteroatoms. The van der Waals surface area contributed by atoms with Crippen molar-refractivity contribution in [1.82, 2.24) is 14.9 Å². The average Bonchev–Trinajstić information content (AvgIpc) is 2.53. The standard InChI is InChI=1S/C16H17N5/c1-12(2)20-7-9-21(10-8-20)16-15(11-17)18-13-5-3-4-6-14(13)19-16/h3-6H,1,7-10H2,2H3. The van der Waals surface area contributed by atoms with Gasteiger partial charge in [-0.05, 0) is 19.1 Å². The maximum Gasteiger partial charge on any atom is 0.183 e. The zero-order chi connectivity index (χ0) is 14.8. The van der Waals surface area contributed by atoms with Crippen molar-refractivity contribution < 1.29 is 0 Å². The lowest BCUT2D eigenvalue weighted by Gasteiger charge is -2.36. The van der Waals surface area contributed by atoms with E-state index in [0.29, 0.717) is 11.5 Å². The van der Waals surface area contributed by atoms with Gasteiger partial charge in [0.05, 0.1) is 11.0 Å². The van der Waals surface area contributed by atoms with E-state index in [-0.39, 0.29) is 0 Å². The van der Waals surface area contributed by atoms with Crippen molar-refractivity contribution >= 4 is 16.9 Å². The summed E-state index contributed by atoms with van der Waals surface area (Å²) in [6.45, 7) is 9.45. The summed E-state index contributed by atoms with van der Waals surface area (Å²) in [6.07, 6.45) is 0. The van der Waals surface area contributed by atoms with Gasteiger partial charge < -0.3 is 9.80 Å². The molecule has 0 atom stereocenters. The first-order chi connectivity index (χ1) is 10.2. The van der Waals surface area contributed by atoms with Crippen molar-refractivity contribution in [2.45, 2.75) is 6.92 Å². The van der Waals surface area contributed by atoms with Gasteiger partial charge in [-0.1, -0.05) is 18.7 Å². The van der Waals surface area contributed by atoms with E-state index in [4.69, 9.17) is 0 Å². The first-order valence-electron chi connectivity index (χ1n) is 7.01. The lowest BCUT2D eigenvalue weighted by molar-refractivity contribution is 0.322. The smallest absolute Gasteiger partial charge is 0.183 e. The Balaban J connectivity index is 1.93. The van der Waals surface area contributed by atoms with E-state index in [2.05, 4.69) is 32.4 Å². The minimum atomic E-state index is 0.400. The van der Waals surface area contributed by atoms with Gasteiger partial charge in [0, 0.05) is 31.9 Å². The number of hydrogen-bond acceptors (Lipinski definition) is 5. The molecule has 1 aliphatic heterocycles. The summed E-state index contributed by atoms with van der Waals surface area (Å²) in [5.41, 5.74) is 3.07. The van der Waals surface area contributed by atoms with E-state index in [9.17, 15) is 5.26 Å². The molecule has 2 heterocycles. The van der Waals surface area contributed by atoms with E-state index in [0.717, 1.165) is 42.9 Å². The fourth-order valence-electron chi connectivity index (χ4n) is 2.59. The number of allylic oxidation sites excluding steroid dienone is 1. The summed E-state index contributed by atoms with van der Waals surface area (Å²) in [6, 6.07) is 9.82. The third kappa shape index (κ3) is 2.52. The van der Waals surface area contributed by atoms with Crippen LogP contribution in [0.4, 0.5) is 5.82 Å². The minimum Gasteiger partial charge on any atom is -0.372 e. The van der Waals surface area contributed by atoms with Crippen molar-refractivity contribution in [3.63, 3.8) is 0 Å². The summed E-state index contributed by atoms with van der Waals surface area (Å²) < 4.78 is 0. The molecule has 5 nitrogen and oxygen atoms in total. The van der Waals surface area contributed by atoms with Gasteiger partial charge >= 0.3 is 0 Å². The molecule has 3 rings (SSSR count). The third-order valence-corrected chi connectivity index (χ3v) is 3.78. The van der Waals surface area contributed by atoms with E-state index in [1.54, 1.807) is 0 Å². The average molecular weight is 279 g/mol. The molecule has 1 aromatic carbocycles. The van der Waals surface area contributed by atoms with Crippen LogP contribution >= 0.6 is 0 Å². The van der Waals surface area contributed by atoms with Gasteiger partial charge in [0.2, 0.25) is 0 Å². The highest BCUT2D eigenvalue weighted by Gasteiger charge is 2.21. The van der Waals surface area contributed by atoms with Gasteiger partial charge in [-0.15, -0.1) is 0 Å². The molecule has 1 aromatic heterocycles. The third-order valence-electron chi connectivity index (χ3n) is 3.78. The van der Waals surface area contributed by atoms with Gasteiger partial charge in [0.15, 0.2) is 11.5 Å². The molecule has 2 aromatic rings. The van der Waals surface area contributed by atoms with Gasteiger partial charge in [0.25, 0.3) is 0 Å². The summed E-state index contributed by atoms with van der Waals surface area (Å²) in [5, 5.41) is 9.35. The number of rotatable bonds is 2. The Labute approximate surface area is 124 Å². The Morgan fingerprint density at radius 2 is 1.76 bits per heavy atom. The Hall–Kier alpha value is -2.61. The van der Waals surface area contributed by atoms with Crippen LogP contribution in [0.5, 0.6) is 0 Å². The van der Waals surface area contributed by atoms with Gasteiger partial charge in [-0.3, -0.25) is 0 Å². The number of nitrogens with zero attached hydrogens (tertiary/aromatic N) is 5. The van der Waals surface area contributed by atoms with Crippen LogP contribution in [-0.2, 0) is 0 Å². The van der Waals surface area contributed by atoms with Crippen LogP contribution in [-0.4, -0.2) is 41.0 Å². The zero-order valence-electron chi connectivity index (χ0n) is 12.1. The molecular formula is C16H17N5. The minimum absolute atomic E-state index is 0.400. The molecule has 0 N–H and O–H groups in total. The van der Waals surface area contributed by atoms with Gasteiger partial charge in [-0.2, -0.15) is 5.26 Å². The van der Waals surface area contributed by atoms with E-state index in [1.165, 1.54) is 0 Å². The topological polar surface area (TPSA) is 56.1 Å². The molecule has 21 heavy (non-hydrogen) atoms. The SMILES string of the molecule is C=C(C)N1CCN(c2nc3ccccc3nc2C#N)CC1. The molecule has 0 saturated carbocycles. The van der Waals surface area contributed by atoms with Gasteiger partial charge in [-0.25, -0.2) is 9.97 Å². The van der Waals surface area contributed by atoms with Crippen LogP contribution < -0.4 is 4.90 Å². The van der Waals surface area contributed by atoms with E-state index in [1.807, 2.05) is 31.2 Å². The molecular weight excluding hydrogens is 262 g/mol. The number of anilines is 1. The van der Waals surface area contributed by atoms with Crippen molar-refractivity contribution in [2.24, 2.45) is 0 Å². The van der Waals surface area contributed by atoms with Crippen LogP contribution in [0.2, 0.25) is 0 Å². The molecule has 1 aliphatic rings. The van der Waals surface area contributed by atoms with Crippen molar-refractivity contribution in [1.29, 1.82) is 5.26 Å². The van der Waals surface area contributed by atoms with Crippen LogP contribution in [0.15, 0.2) is 36.5 Å². The second-order valence-corrected chi connectivity index (χ2v) is 5.21. The van der Waals surface area contributed by atoms with Crippen LogP contribution in [0.25, 0.3) is 11.0 Å². The predicted molar refractivity (Wildman–Crippen MR) is 82.9 cm³/mol. The number of piperazine rings is 1. The lowest BCUT2D eigenvalue weighted by Crippen LogP contribution is -2.46. The van der Waals surface area contributed by atoms with Crippen LogP contribution in [0.3, 0.4) is 0 Å². The van der Waals surface area contributed by atoms with Crippen molar-refractivity contribution in [2.75, 3.05) is 31.1 Å². The number of benzene rings is 1. The quantitative estimate of drug-likeness (QED) is 0.843. The van der Waals surface area contributed by atoms with Gasteiger partial charge in [0.1, 0.15) is 6.07 Å². The molecule has 0 amide bonds. The second-order valence-electron chi connectivity index (χ2n) is 5.21. The first kappa shape index (κ1) is 13.4. The first-order valence-corrected chi connectivity index (χ1v) is 7.01. The fraction of sp³-hybridized carbons (Fsp3) is 0.312. The monoisotopic (exact) mass is 279 g/mol. The second kappa shape index (κ2) is 5.41. The molecule has 0 unspecified atom stereocenters. The molecule has 0 bridgehead atoms. The number of nitriles is 1. The predicted octanol–water partition coefficient (Wildman–Crippen LogP) is 2.16. The van der Waals surface area contributed by atoms with Crippen LogP contribution in [0, 0.1) is 11.3 Å². The summed E-state index contributed by atoms with van der Waals surface area (Å²) in [5.74, 6) is 0.692. The highest BCUT2D eigenvalue weighted by molar-refractivity contribution is 5.77. The molecule has 0 radical (unpaired) electrons.